The Balaban J connectivity index is 0.000000189. The van der Waals surface area contributed by atoms with Crippen molar-refractivity contribution < 1.29 is 0 Å². The van der Waals surface area contributed by atoms with Crippen molar-refractivity contribution in [3.05, 3.63) is 83.9 Å². The smallest absolute Gasteiger partial charge is 0.150 e. The number of nitrogens with zero attached hydrogens (tertiary/aromatic N) is 3. The lowest BCUT2D eigenvalue weighted by atomic mass is 10.1. The predicted octanol–water partition coefficient (Wildman–Crippen LogP) is 6.51. The standard InChI is InChI=1S/C18H20N4.C9H10/c1-12-6-8-13(9-7-12)15-16-17(19)20-10-11-22(16)18(21-15)14-4-2-3-5-14;1-2-4-8(5-3-1)9-6-7-9/h6-11,14H,2-5H2,1H3,(H2,19,20);1-5,9H,6-7H2. The summed E-state index contributed by atoms with van der Waals surface area (Å²) >= 11 is 0. The molecule has 2 aromatic heterocycles. The molecule has 4 nitrogen and oxygen atoms in total. The zero-order chi connectivity index (χ0) is 21.2. The number of rotatable bonds is 3. The normalized spacial score (nSPS) is 16.3. The molecule has 0 radical (unpaired) electrons. The Kier molecular flexibility index (Phi) is 5.46. The fourth-order valence-corrected chi connectivity index (χ4v) is 4.61. The average molecular weight is 411 g/mol. The summed E-state index contributed by atoms with van der Waals surface area (Å²) in [6, 6.07) is 19.2. The van der Waals surface area contributed by atoms with Gasteiger partial charge in [0.05, 0.1) is 0 Å². The molecule has 0 atom stereocenters. The summed E-state index contributed by atoms with van der Waals surface area (Å²) in [6.07, 6.45) is 11.6. The van der Waals surface area contributed by atoms with Gasteiger partial charge in [0.25, 0.3) is 0 Å². The third-order valence-corrected chi connectivity index (χ3v) is 6.50. The molecular weight excluding hydrogens is 380 g/mol. The Labute approximate surface area is 184 Å². The highest BCUT2D eigenvalue weighted by molar-refractivity contribution is 5.85. The van der Waals surface area contributed by atoms with Gasteiger partial charge in [-0.15, -0.1) is 0 Å². The molecular formula is C27H30N4. The Morgan fingerprint density at radius 3 is 2.26 bits per heavy atom. The maximum absolute atomic E-state index is 6.16. The van der Waals surface area contributed by atoms with Crippen LogP contribution in [0, 0.1) is 6.92 Å². The molecule has 2 aliphatic rings. The summed E-state index contributed by atoms with van der Waals surface area (Å²) in [7, 11) is 0. The Hall–Kier alpha value is -3.14. The third-order valence-electron chi connectivity index (χ3n) is 6.50. The molecule has 2 N–H and O–H groups in total. The second-order valence-electron chi connectivity index (χ2n) is 8.88. The molecule has 31 heavy (non-hydrogen) atoms. The Morgan fingerprint density at radius 1 is 0.871 bits per heavy atom. The van der Waals surface area contributed by atoms with Gasteiger partial charge in [0.1, 0.15) is 22.9 Å². The third kappa shape index (κ3) is 4.20. The van der Waals surface area contributed by atoms with Gasteiger partial charge in [-0.05, 0) is 44.1 Å². The van der Waals surface area contributed by atoms with E-state index in [-0.39, 0.29) is 0 Å². The van der Waals surface area contributed by atoms with Crippen LogP contribution in [0.2, 0.25) is 0 Å². The van der Waals surface area contributed by atoms with Gasteiger partial charge in [0.15, 0.2) is 0 Å². The monoisotopic (exact) mass is 410 g/mol. The molecule has 6 rings (SSSR count). The molecule has 0 amide bonds. The van der Waals surface area contributed by atoms with E-state index in [1.54, 1.807) is 6.20 Å². The van der Waals surface area contributed by atoms with Crippen molar-refractivity contribution in [2.45, 2.75) is 57.3 Å². The van der Waals surface area contributed by atoms with Crippen LogP contribution in [0.15, 0.2) is 67.0 Å². The topological polar surface area (TPSA) is 56.2 Å². The van der Waals surface area contributed by atoms with Crippen LogP contribution in [0.3, 0.4) is 0 Å². The molecule has 4 aromatic rings. The second kappa shape index (κ2) is 8.54. The largest absolute Gasteiger partial charge is 0.382 e. The van der Waals surface area contributed by atoms with E-state index >= 15 is 0 Å². The van der Waals surface area contributed by atoms with Crippen LogP contribution in [-0.2, 0) is 0 Å². The molecule has 2 heterocycles. The first kappa shape index (κ1) is 19.8. The lowest BCUT2D eigenvalue weighted by Gasteiger charge is -2.07. The summed E-state index contributed by atoms with van der Waals surface area (Å²) in [5.41, 5.74) is 11.9. The number of aryl methyl sites for hydroxylation is 1. The molecule has 2 fully saturated rings. The van der Waals surface area contributed by atoms with Gasteiger partial charge in [-0.2, -0.15) is 0 Å². The summed E-state index contributed by atoms with van der Waals surface area (Å²) in [6.45, 7) is 2.09. The number of hydrogen-bond acceptors (Lipinski definition) is 3. The molecule has 0 spiro atoms. The van der Waals surface area contributed by atoms with Crippen molar-refractivity contribution in [2.75, 3.05) is 5.73 Å². The number of nitrogen functional groups attached to an aromatic ring is 1. The van der Waals surface area contributed by atoms with Crippen LogP contribution in [-0.4, -0.2) is 14.4 Å². The summed E-state index contributed by atoms with van der Waals surface area (Å²) in [4.78, 5) is 9.24. The molecule has 2 aromatic carbocycles. The van der Waals surface area contributed by atoms with E-state index in [4.69, 9.17) is 10.7 Å². The second-order valence-corrected chi connectivity index (χ2v) is 8.88. The molecule has 2 saturated carbocycles. The molecule has 0 bridgehead atoms. The van der Waals surface area contributed by atoms with Crippen molar-refractivity contribution >= 4 is 11.3 Å². The minimum absolute atomic E-state index is 0.536. The fourth-order valence-electron chi connectivity index (χ4n) is 4.61. The van der Waals surface area contributed by atoms with Gasteiger partial charge >= 0.3 is 0 Å². The minimum atomic E-state index is 0.536. The van der Waals surface area contributed by atoms with Gasteiger partial charge in [0.2, 0.25) is 0 Å². The Morgan fingerprint density at radius 2 is 1.58 bits per heavy atom. The number of benzene rings is 2. The lowest BCUT2D eigenvalue weighted by molar-refractivity contribution is 0.665. The molecule has 2 aliphatic carbocycles. The van der Waals surface area contributed by atoms with Gasteiger partial charge in [-0.1, -0.05) is 73.0 Å². The van der Waals surface area contributed by atoms with E-state index in [9.17, 15) is 0 Å². The first-order valence-corrected chi connectivity index (χ1v) is 11.4. The van der Waals surface area contributed by atoms with Crippen LogP contribution in [0.5, 0.6) is 0 Å². The van der Waals surface area contributed by atoms with Crippen molar-refractivity contribution in [3.8, 4) is 11.3 Å². The van der Waals surface area contributed by atoms with E-state index in [0.717, 1.165) is 28.5 Å². The van der Waals surface area contributed by atoms with Crippen molar-refractivity contribution in [3.63, 3.8) is 0 Å². The number of fused-ring (bicyclic) bond motifs is 1. The quantitative estimate of drug-likeness (QED) is 0.419. The highest BCUT2D eigenvalue weighted by Gasteiger charge is 2.25. The van der Waals surface area contributed by atoms with E-state index in [0.29, 0.717) is 11.7 Å². The zero-order valence-electron chi connectivity index (χ0n) is 18.2. The number of nitrogens with two attached hydrogens (primary N) is 1. The van der Waals surface area contributed by atoms with Crippen LogP contribution >= 0.6 is 0 Å². The van der Waals surface area contributed by atoms with E-state index in [1.165, 1.54) is 49.7 Å². The van der Waals surface area contributed by atoms with Gasteiger partial charge < -0.3 is 5.73 Å². The highest BCUT2D eigenvalue weighted by atomic mass is 15.1. The number of aromatic nitrogens is 3. The number of imidazole rings is 1. The average Bonchev–Trinajstić information content (AvgIpc) is 3.36. The minimum Gasteiger partial charge on any atom is -0.382 e. The van der Waals surface area contributed by atoms with Crippen molar-refractivity contribution in [2.24, 2.45) is 0 Å². The fraction of sp³-hybridized carbons (Fsp3) is 0.333. The predicted molar refractivity (Wildman–Crippen MR) is 127 cm³/mol. The van der Waals surface area contributed by atoms with Crippen molar-refractivity contribution in [1.29, 1.82) is 0 Å². The maximum Gasteiger partial charge on any atom is 0.150 e. The van der Waals surface area contributed by atoms with Gasteiger partial charge in [-0.3, -0.25) is 4.40 Å². The molecule has 158 valence electrons. The van der Waals surface area contributed by atoms with E-state index in [1.807, 2.05) is 6.20 Å². The van der Waals surface area contributed by atoms with Gasteiger partial charge in [0, 0.05) is 23.9 Å². The van der Waals surface area contributed by atoms with Crippen LogP contribution in [0.4, 0.5) is 5.82 Å². The maximum atomic E-state index is 6.16. The number of hydrogen-bond donors (Lipinski definition) is 1. The SMILES string of the molecule is Cc1ccc(-c2nc(C3CCCC3)n3ccnc(N)c23)cc1.c1ccc(C2CC2)cc1. The summed E-state index contributed by atoms with van der Waals surface area (Å²) in [5.74, 6) is 3.13. The summed E-state index contributed by atoms with van der Waals surface area (Å²) < 4.78 is 2.15. The highest BCUT2D eigenvalue weighted by Crippen LogP contribution is 2.39. The van der Waals surface area contributed by atoms with Crippen LogP contribution < -0.4 is 5.73 Å². The molecule has 4 heteroatoms. The number of anilines is 1. The molecule has 0 aliphatic heterocycles. The molecule has 0 unspecified atom stereocenters. The first-order valence-electron chi connectivity index (χ1n) is 11.4. The van der Waals surface area contributed by atoms with Gasteiger partial charge in [-0.25, -0.2) is 9.97 Å². The van der Waals surface area contributed by atoms with Crippen molar-refractivity contribution in [1.82, 2.24) is 14.4 Å². The zero-order valence-corrected chi connectivity index (χ0v) is 18.2. The van der Waals surface area contributed by atoms with E-state index in [2.05, 4.69) is 70.9 Å². The summed E-state index contributed by atoms with van der Waals surface area (Å²) in [5, 5.41) is 0. The van der Waals surface area contributed by atoms with Crippen LogP contribution in [0.1, 0.15) is 67.3 Å². The Bertz CT molecular complexity index is 1150. The lowest BCUT2D eigenvalue weighted by Crippen LogP contribution is -2.01. The first-order chi connectivity index (χ1) is 15.2. The van der Waals surface area contributed by atoms with E-state index < -0.39 is 0 Å². The molecule has 0 saturated heterocycles. The van der Waals surface area contributed by atoms with Crippen LogP contribution in [0.25, 0.3) is 16.8 Å².